The Morgan fingerprint density at radius 1 is 1.05 bits per heavy atom. The first kappa shape index (κ1) is 14.4. The van der Waals surface area contributed by atoms with Crippen LogP contribution >= 0.6 is 0 Å². The number of nitrogens with zero attached hydrogens (tertiary/aromatic N) is 1. The van der Waals surface area contributed by atoms with Crippen molar-refractivity contribution in [2.75, 3.05) is 0 Å². The number of aromatic nitrogens is 2. The zero-order valence-electron chi connectivity index (χ0n) is 12.9. The van der Waals surface area contributed by atoms with Gasteiger partial charge < -0.3 is 14.7 Å². The van der Waals surface area contributed by atoms with Crippen LogP contribution in [0.4, 0.5) is 0 Å². The molecule has 0 amide bonds. The van der Waals surface area contributed by atoms with Crippen LogP contribution in [0.5, 0.6) is 5.75 Å². The van der Waals surface area contributed by atoms with Crippen molar-refractivity contribution in [2.45, 2.75) is 26.7 Å². The molecule has 3 aromatic rings. The molecule has 0 saturated carbocycles. The molecule has 0 spiro atoms. The molecule has 0 fully saturated rings. The lowest BCUT2D eigenvalue weighted by Gasteiger charge is -2.14. The Morgan fingerprint density at radius 2 is 1.68 bits per heavy atom. The van der Waals surface area contributed by atoms with E-state index in [9.17, 15) is 14.7 Å². The summed E-state index contributed by atoms with van der Waals surface area (Å²) >= 11 is 0. The number of rotatable bonds is 2. The van der Waals surface area contributed by atoms with Gasteiger partial charge in [0.1, 0.15) is 0 Å². The van der Waals surface area contributed by atoms with E-state index in [1.54, 1.807) is 19.2 Å². The molecule has 114 valence electrons. The van der Waals surface area contributed by atoms with Crippen molar-refractivity contribution < 1.29 is 5.11 Å². The quantitative estimate of drug-likeness (QED) is 0.712. The van der Waals surface area contributed by atoms with E-state index in [1.807, 2.05) is 19.9 Å². The third-order valence-electron chi connectivity index (χ3n) is 4.25. The van der Waals surface area contributed by atoms with Gasteiger partial charge in [0.05, 0.1) is 11.0 Å². The number of H-pyrrole nitrogens is 1. The normalized spacial score (nSPS) is 11.4. The number of fused-ring (bicyclic) bond motifs is 2. The van der Waals surface area contributed by atoms with Crippen molar-refractivity contribution in [3.8, 4) is 5.75 Å². The molecule has 5 nitrogen and oxygen atoms in total. The van der Waals surface area contributed by atoms with Gasteiger partial charge in [-0.1, -0.05) is 13.8 Å². The van der Waals surface area contributed by atoms with Crippen molar-refractivity contribution in [1.82, 2.24) is 9.55 Å². The molecule has 0 aliphatic heterocycles. The minimum Gasteiger partial charge on any atom is -0.504 e. The predicted molar refractivity (Wildman–Crippen MR) is 87.7 cm³/mol. The lowest BCUT2D eigenvalue weighted by Crippen LogP contribution is -2.17. The summed E-state index contributed by atoms with van der Waals surface area (Å²) in [4.78, 5) is 26.6. The smallest absolute Gasteiger partial charge is 0.251 e. The zero-order valence-corrected chi connectivity index (χ0v) is 12.9. The second-order valence-corrected chi connectivity index (χ2v) is 5.48. The van der Waals surface area contributed by atoms with Gasteiger partial charge >= 0.3 is 0 Å². The van der Waals surface area contributed by atoms with Gasteiger partial charge in [0.15, 0.2) is 5.75 Å². The fourth-order valence-corrected chi connectivity index (χ4v) is 3.04. The lowest BCUT2D eigenvalue weighted by molar-refractivity contribution is 0.483. The summed E-state index contributed by atoms with van der Waals surface area (Å²) in [7, 11) is 1.62. The SMILES string of the molecule is CCc1cc(=O)[nH]c2c(O)c3c(cc12)c(CC)cc(=O)n3C. The third-order valence-corrected chi connectivity index (χ3v) is 4.25. The number of nitrogens with one attached hydrogen (secondary N) is 1. The predicted octanol–water partition coefficient (Wildman–Crippen LogP) is 2.21. The molecule has 1 aromatic carbocycles. The molecule has 0 radical (unpaired) electrons. The number of aromatic amines is 1. The molecule has 2 heterocycles. The number of aromatic hydroxyl groups is 1. The van der Waals surface area contributed by atoms with Crippen molar-refractivity contribution in [2.24, 2.45) is 7.05 Å². The number of aryl methyl sites for hydroxylation is 3. The number of phenolic OH excluding ortho intramolecular Hbond substituents is 1. The van der Waals surface area contributed by atoms with Crippen LogP contribution in [0.2, 0.25) is 0 Å². The molecule has 22 heavy (non-hydrogen) atoms. The average Bonchev–Trinajstić information content (AvgIpc) is 2.50. The summed E-state index contributed by atoms with van der Waals surface area (Å²) in [6, 6.07) is 5.11. The highest BCUT2D eigenvalue weighted by molar-refractivity contribution is 6.03. The number of hydrogen-bond acceptors (Lipinski definition) is 3. The highest BCUT2D eigenvalue weighted by Crippen LogP contribution is 2.34. The Labute approximate surface area is 126 Å². The van der Waals surface area contributed by atoms with Gasteiger partial charge in [-0.3, -0.25) is 9.59 Å². The van der Waals surface area contributed by atoms with E-state index in [1.165, 1.54) is 4.57 Å². The molecule has 0 bridgehead atoms. The maximum Gasteiger partial charge on any atom is 0.251 e. The van der Waals surface area contributed by atoms with Gasteiger partial charge in [0, 0.05) is 30.0 Å². The van der Waals surface area contributed by atoms with Gasteiger partial charge in [-0.15, -0.1) is 0 Å². The Bertz CT molecular complexity index is 1010. The minimum atomic E-state index is -0.254. The van der Waals surface area contributed by atoms with E-state index in [2.05, 4.69) is 4.98 Å². The maximum absolute atomic E-state index is 12.1. The first-order valence-corrected chi connectivity index (χ1v) is 7.38. The Morgan fingerprint density at radius 3 is 2.32 bits per heavy atom. The van der Waals surface area contributed by atoms with Gasteiger partial charge in [-0.2, -0.15) is 0 Å². The van der Waals surface area contributed by atoms with E-state index >= 15 is 0 Å². The van der Waals surface area contributed by atoms with Crippen LogP contribution in [-0.2, 0) is 19.9 Å². The van der Waals surface area contributed by atoms with Crippen molar-refractivity contribution in [1.29, 1.82) is 0 Å². The molecule has 0 unspecified atom stereocenters. The van der Waals surface area contributed by atoms with Crippen molar-refractivity contribution in [3.63, 3.8) is 0 Å². The second-order valence-electron chi connectivity index (χ2n) is 5.48. The van der Waals surface area contributed by atoms with Crippen LogP contribution in [-0.4, -0.2) is 14.7 Å². The lowest BCUT2D eigenvalue weighted by atomic mass is 9.99. The van der Waals surface area contributed by atoms with Gasteiger partial charge in [-0.05, 0) is 30.0 Å². The summed E-state index contributed by atoms with van der Waals surface area (Å²) in [5, 5.41) is 12.3. The van der Waals surface area contributed by atoms with E-state index in [0.717, 1.165) is 21.9 Å². The van der Waals surface area contributed by atoms with Crippen molar-refractivity contribution >= 4 is 21.8 Å². The Kier molecular flexibility index (Phi) is 3.28. The standard InChI is InChI=1S/C17H18N2O3/c1-4-9-6-13(20)18-15-11(9)8-12-10(5-2)7-14(21)19(3)16(12)17(15)22/h6-8,22H,4-5H2,1-3H3,(H,18,20). The van der Waals surface area contributed by atoms with Crippen LogP contribution in [0.15, 0.2) is 27.8 Å². The summed E-state index contributed by atoms with van der Waals surface area (Å²) in [5.41, 5.74) is 2.19. The van der Waals surface area contributed by atoms with E-state index in [0.29, 0.717) is 23.9 Å². The van der Waals surface area contributed by atoms with Crippen LogP contribution in [0, 0.1) is 0 Å². The Hall–Kier alpha value is -2.56. The van der Waals surface area contributed by atoms with E-state index < -0.39 is 0 Å². The molecule has 0 aliphatic carbocycles. The first-order valence-electron chi connectivity index (χ1n) is 7.38. The molecule has 2 N–H and O–H groups in total. The molecular formula is C17H18N2O3. The number of phenols is 1. The fraction of sp³-hybridized carbons (Fsp3) is 0.294. The molecule has 2 aromatic heterocycles. The Balaban J connectivity index is 2.66. The number of pyridine rings is 2. The third kappa shape index (κ3) is 1.93. The summed E-state index contributed by atoms with van der Waals surface area (Å²) in [6.45, 7) is 3.94. The second kappa shape index (κ2) is 5.02. The summed E-state index contributed by atoms with van der Waals surface area (Å²) < 4.78 is 1.42. The average molecular weight is 298 g/mol. The maximum atomic E-state index is 12.1. The molecule has 0 saturated heterocycles. The van der Waals surface area contributed by atoms with Crippen LogP contribution in [0.3, 0.4) is 0 Å². The largest absolute Gasteiger partial charge is 0.504 e. The summed E-state index contributed by atoms with van der Waals surface area (Å²) in [5.74, 6) is -0.0465. The molecule has 0 atom stereocenters. The molecule has 3 rings (SSSR count). The van der Waals surface area contributed by atoms with Gasteiger partial charge in [0.2, 0.25) is 5.56 Å². The highest BCUT2D eigenvalue weighted by Gasteiger charge is 2.15. The molecular weight excluding hydrogens is 280 g/mol. The van der Waals surface area contributed by atoms with Gasteiger partial charge in [-0.25, -0.2) is 0 Å². The minimum absolute atomic E-state index is 0.0465. The van der Waals surface area contributed by atoms with Crippen molar-refractivity contribution in [3.05, 3.63) is 50.0 Å². The van der Waals surface area contributed by atoms with E-state index in [-0.39, 0.29) is 16.9 Å². The van der Waals surface area contributed by atoms with Crippen LogP contribution in [0.25, 0.3) is 21.8 Å². The highest BCUT2D eigenvalue weighted by atomic mass is 16.3. The topological polar surface area (TPSA) is 75.1 Å². The molecule has 0 aliphatic rings. The monoisotopic (exact) mass is 298 g/mol. The van der Waals surface area contributed by atoms with E-state index in [4.69, 9.17) is 0 Å². The summed E-state index contributed by atoms with van der Waals surface area (Å²) in [6.07, 6.45) is 1.39. The number of benzene rings is 1. The van der Waals surface area contributed by atoms with Crippen LogP contribution < -0.4 is 11.1 Å². The van der Waals surface area contributed by atoms with Crippen LogP contribution in [0.1, 0.15) is 25.0 Å². The molecule has 5 heteroatoms. The number of hydrogen-bond donors (Lipinski definition) is 2. The fourth-order valence-electron chi connectivity index (χ4n) is 3.04. The zero-order chi connectivity index (χ0) is 16.0. The first-order chi connectivity index (χ1) is 10.5. The van der Waals surface area contributed by atoms with Gasteiger partial charge in [0.25, 0.3) is 5.56 Å².